The highest BCUT2D eigenvalue weighted by Crippen LogP contribution is 2.28. The molecule has 182 valence electrons. The number of amides is 2. The summed E-state index contributed by atoms with van der Waals surface area (Å²) in [4.78, 5) is 26.7. The minimum atomic E-state index is -1.28. The number of rotatable bonds is 14. The fourth-order valence-corrected chi connectivity index (χ4v) is 5.68. The molecule has 0 bridgehead atoms. The summed E-state index contributed by atoms with van der Waals surface area (Å²) < 4.78 is 25.9. The van der Waals surface area contributed by atoms with Gasteiger partial charge in [-0.25, -0.2) is 4.39 Å². The van der Waals surface area contributed by atoms with Gasteiger partial charge in [-0.2, -0.15) is 0 Å². The fourth-order valence-electron chi connectivity index (χ4n) is 4.12. The third-order valence-electron chi connectivity index (χ3n) is 6.04. The van der Waals surface area contributed by atoms with Gasteiger partial charge in [-0.15, -0.1) is 6.58 Å². The Balaban J connectivity index is 1.41. The van der Waals surface area contributed by atoms with E-state index in [0.717, 1.165) is 43.2 Å². The maximum Gasteiger partial charge on any atom is 0.243 e. The number of nitrogens with zero attached hydrogens (tertiary/aromatic N) is 1. The number of hydrogen-bond acceptors (Lipinski definition) is 3. The molecular weight excluding hydrogens is 451 g/mol. The molecule has 2 amide bonds. The van der Waals surface area contributed by atoms with E-state index in [4.69, 9.17) is 0 Å². The monoisotopic (exact) mass is 484 g/mol. The van der Waals surface area contributed by atoms with Gasteiger partial charge < -0.3 is 10.2 Å². The van der Waals surface area contributed by atoms with E-state index in [0.29, 0.717) is 18.7 Å². The van der Waals surface area contributed by atoms with Gasteiger partial charge in [-0.3, -0.25) is 13.8 Å². The lowest BCUT2D eigenvalue weighted by Crippen LogP contribution is -2.62. The Hall–Kier alpha value is -2.80. The lowest BCUT2D eigenvalue weighted by Gasteiger charge is -2.44. The highest BCUT2D eigenvalue weighted by atomic mass is 32.2. The summed E-state index contributed by atoms with van der Waals surface area (Å²) in [5.74, 6) is -0.228. The Kier molecular flexibility index (Phi) is 10.0. The number of likely N-dealkylation sites (tertiary alicyclic amines) is 1. The molecular formula is C27H33FN2O3S. The molecule has 1 N–H and O–H groups in total. The predicted molar refractivity (Wildman–Crippen MR) is 134 cm³/mol. The SMILES string of the molecule is C=CCC(C(=O)NCCCCCCc1ccc(F)cc1)N1C(=O)CC1S(=O)Cc1ccccc1. The number of hydrogen-bond donors (Lipinski definition) is 1. The highest BCUT2D eigenvalue weighted by molar-refractivity contribution is 7.85. The zero-order chi connectivity index (χ0) is 24.3. The fraction of sp³-hybridized carbons (Fsp3) is 0.407. The summed E-state index contributed by atoms with van der Waals surface area (Å²) in [6.07, 6.45) is 6.91. The Morgan fingerprint density at radius 1 is 1.09 bits per heavy atom. The van der Waals surface area contributed by atoms with Crippen LogP contribution in [0.2, 0.25) is 0 Å². The first kappa shape index (κ1) is 25.8. The molecule has 3 unspecified atom stereocenters. The average Bonchev–Trinajstić information content (AvgIpc) is 2.83. The molecule has 0 saturated carbocycles. The largest absolute Gasteiger partial charge is 0.354 e. The first-order chi connectivity index (χ1) is 16.5. The number of nitrogens with one attached hydrogen (secondary N) is 1. The number of carbonyl (C=O) groups is 2. The minimum absolute atomic E-state index is 0.144. The van der Waals surface area contributed by atoms with Gasteiger partial charge in [0.05, 0.1) is 12.2 Å². The molecule has 0 spiro atoms. The van der Waals surface area contributed by atoms with Crippen molar-refractivity contribution in [1.29, 1.82) is 0 Å². The zero-order valence-electron chi connectivity index (χ0n) is 19.5. The van der Waals surface area contributed by atoms with E-state index in [9.17, 15) is 18.2 Å². The topological polar surface area (TPSA) is 66.5 Å². The first-order valence-corrected chi connectivity index (χ1v) is 13.2. The number of benzene rings is 2. The quantitative estimate of drug-likeness (QED) is 0.244. The lowest BCUT2D eigenvalue weighted by atomic mass is 10.0. The van der Waals surface area contributed by atoms with Crippen LogP contribution in [-0.2, 0) is 32.6 Å². The molecule has 2 aromatic rings. The zero-order valence-corrected chi connectivity index (χ0v) is 20.3. The van der Waals surface area contributed by atoms with Crippen molar-refractivity contribution in [1.82, 2.24) is 10.2 Å². The maximum absolute atomic E-state index is 13.0. The van der Waals surface area contributed by atoms with Gasteiger partial charge in [0.25, 0.3) is 0 Å². The summed E-state index contributed by atoms with van der Waals surface area (Å²) in [5.41, 5.74) is 2.07. The van der Waals surface area contributed by atoms with Crippen LogP contribution in [0.1, 0.15) is 49.7 Å². The molecule has 1 saturated heterocycles. The van der Waals surface area contributed by atoms with Crippen LogP contribution in [0.15, 0.2) is 67.3 Å². The second kappa shape index (κ2) is 13.2. The lowest BCUT2D eigenvalue weighted by molar-refractivity contribution is -0.150. The van der Waals surface area contributed by atoms with Gasteiger partial charge in [-0.05, 0) is 48.9 Å². The molecule has 1 heterocycles. The number of β-lactam (4-membered cyclic amide) rings is 1. The molecule has 0 aromatic heterocycles. The standard InChI is InChI=1S/C27H33FN2O3S/c1-2-10-24(30-25(31)19-26(30)34(33)20-22-12-7-5-8-13-22)27(32)29-18-9-4-3-6-11-21-14-16-23(28)17-15-21/h2,5,7-8,12-17,24,26H,1,3-4,6,9-11,18-20H2,(H,29,32). The molecule has 34 heavy (non-hydrogen) atoms. The molecule has 1 aliphatic rings. The van der Waals surface area contributed by atoms with E-state index in [1.54, 1.807) is 6.08 Å². The molecule has 3 atom stereocenters. The van der Waals surface area contributed by atoms with Crippen molar-refractivity contribution < 1.29 is 18.2 Å². The number of aryl methyl sites for hydroxylation is 1. The van der Waals surface area contributed by atoms with Gasteiger partial charge in [0, 0.05) is 17.3 Å². The van der Waals surface area contributed by atoms with E-state index in [-0.39, 0.29) is 24.1 Å². The average molecular weight is 485 g/mol. The van der Waals surface area contributed by atoms with E-state index in [1.807, 2.05) is 42.5 Å². The molecule has 7 heteroatoms. The maximum atomic E-state index is 13.0. The summed E-state index contributed by atoms with van der Waals surface area (Å²) >= 11 is 0. The van der Waals surface area contributed by atoms with Crippen molar-refractivity contribution in [2.24, 2.45) is 0 Å². The molecule has 0 radical (unpaired) electrons. The number of carbonyl (C=O) groups excluding carboxylic acids is 2. The summed E-state index contributed by atoms with van der Waals surface area (Å²) in [6, 6.07) is 15.4. The van der Waals surface area contributed by atoms with Crippen LogP contribution in [0.25, 0.3) is 0 Å². The van der Waals surface area contributed by atoms with Crippen LogP contribution in [0, 0.1) is 5.82 Å². The van der Waals surface area contributed by atoms with Crippen molar-refractivity contribution in [3.05, 3.63) is 84.2 Å². The highest BCUT2D eigenvalue weighted by Gasteiger charge is 2.46. The Morgan fingerprint density at radius 2 is 1.79 bits per heavy atom. The molecule has 5 nitrogen and oxygen atoms in total. The van der Waals surface area contributed by atoms with Crippen LogP contribution in [0.5, 0.6) is 0 Å². The predicted octanol–water partition coefficient (Wildman–Crippen LogP) is 4.50. The van der Waals surface area contributed by atoms with Gasteiger partial charge >= 0.3 is 0 Å². The van der Waals surface area contributed by atoms with E-state index in [1.165, 1.54) is 17.0 Å². The summed E-state index contributed by atoms with van der Waals surface area (Å²) in [7, 11) is -1.28. The van der Waals surface area contributed by atoms with Gasteiger partial charge in [0.1, 0.15) is 17.2 Å². The molecule has 1 aliphatic heterocycles. The van der Waals surface area contributed by atoms with Crippen molar-refractivity contribution in [3.8, 4) is 0 Å². The van der Waals surface area contributed by atoms with Crippen molar-refractivity contribution in [3.63, 3.8) is 0 Å². The van der Waals surface area contributed by atoms with Crippen LogP contribution in [0.4, 0.5) is 4.39 Å². The van der Waals surface area contributed by atoms with Crippen molar-refractivity contribution >= 4 is 22.6 Å². The molecule has 1 fully saturated rings. The van der Waals surface area contributed by atoms with Crippen LogP contribution in [-0.4, -0.2) is 38.9 Å². The van der Waals surface area contributed by atoms with E-state index in [2.05, 4.69) is 11.9 Å². The molecule has 3 rings (SSSR count). The summed E-state index contributed by atoms with van der Waals surface area (Å²) in [6.45, 7) is 4.26. The van der Waals surface area contributed by atoms with Crippen molar-refractivity contribution in [2.45, 2.75) is 62.1 Å². The Morgan fingerprint density at radius 3 is 2.47 bits per heavy atom. The normalized spacial score (nSPS) is 17.0. The van der Waals surface area contributed by atoms with Gasteiger partial charge in [-0.1, -0.05) is 61.4 Å². The third kappa shape index (κ3) is 7.35. The van der Waals surface area contributed by atoms with Crippen LogP contribution < -0.4 is 5.32 Å². The summed E-state index contributed by atoms with van der Waals surface area (Å²) in [5, 5.41) is 2.49. The second-order valence-corrected chi connectivity index (χ2v) is 10.2. The first-order valence-electron chi connectivity index (χ1n) is 11.8. The molecule has 0 aliphatic carbocycles. The third-order valence-corrected chi connectivity index (χ3v) is 7.65. The van der Waals surface area contributed by atoms with E-state index < -0.39 is 22.2 Å². The Bertz CT molecular complexity index is 981. The van der Waals surface area contributed by atoms with Crippen molar-refractivity contribution in [2.75, 3.05) is 6.54 Å². The second-order valence-electron chi connectivity index (χ2n) is 8.59. The number of halogens is 1. The van der Waals surface area contributed by atoms with Gasteiger partial charge in [0.2, 0.25) is 11.8 Å². The van der Waals surface area contributed by atoms with Gasteiger partial charge in [0.15, 0.2) is 0 Å². The van der Waals surface area contributed by atoms with E-state index >= 15 is 0 Å². The minimum Gasteiger partial charge on any atom is -0.354 e. The Labute approximate surface area is 203 Å². The van der Waals surface area contributed by atoms with Crippen LogP contribution in [0.3, 0.4) is 0 Å². The number of unbranched alkanes of at least 4 members (excludes halogenated alkanes) is 3. The molecule has 2 aromatic carbocycles. The van der Waals surface area contributed by atoms with Crippen LogP contribution >= 0.6 is 0 Å². The smallest absolute Gasteiger partial charge is 0.243 e.